The minimum Gasteiger partial charge on any atom is -0.308 e. The maximum Gasteiger partial charge on any atom is 0.144 e. The number of nitrogen functional groups attached to an aromatic ring is 1. The first kappa shape index (κ1) is 13.8. The fourth-order valence-corrected chi connectivity index (χ4v) is 2.43. The number of nitrogens with zero attached hydrogens (tertiary/aromatic N) is 2. The van der Waals surface area contributed by atoms with Gasteiger partial charge in [0.25, 0.3) is 0 Å². The summed E-state index contributed by atoms with van der Waals surface area (Å²) < 4.78 is 13.6. The molecule has 0 aliphatic heterocycles. The highest BCUT2D eigenvalue weighted by Gasteiger charge is 2.08. The number of hydrogen-bond donors (Lipinski definition) is 2. The highest BCUT2D eigenvalue weighted by molar-refractivity contribution is 7.99. The van der Waals surface area contributed by atoms with Crippen molar-refractivity contribution >= 4 is 17.6 Å². The minimum absolute atomic E-state index is 0.259. The quantitative estimate of drug-likeness (QED) is 0.500. The third-order valence-electron chi connectivity index (χ3n) is 2.42. The third kappa shape index (κ3) is 3.65. The average Bonchev–Trinajstić information content (AvgIpc) is 2.41. The first-order valence-electron chi connectivity index (χ1n) is 6.00. The van der Waals surface area contributed by atoms with E-state index in [0.717, 1.165) is 12.8 Å². The highest BCUT2D eigenvalue weighted by Crippen LogP contribution is 2.29. The molecule has 19 heavy (non-hydrogen) atoms. The van der Waals surface area contributed by atoms with Gasteiger partial charge >= 0.3 is 0 Å². The van der Waals surface area contributed by atoms with Crippen LogP contribution in [0.4, 0.5) is 10.2 Å². The van der Waals surface area contributed by atoms with Crippen LogP contribution in [-0.4, -0.2) is 9.97 Å². The zero-order valence-corrected chi connectivity index (χ0v) is 11.4. The monoisotopic (exact) mass is 278 g/mol. The van der Waals surface area contributed by atoms with Gasteiger partial charge in [0.1, 0.15) is 22.5 Å². The summed E-state index contributed by atoms with van der Waals surface area (Å²) in [5.74, 6) is 6.37. The molecule has 6 heteroatoms. The predicted molar refractivity (Wildman–Crippen MR) is 74.4 cm³/mol. The Bertz CT molecular complexity index is 562. The second-order valence-electron chi connectivity index (χ2n) is 3.93. The number of hydrogen-bond acceptors (Lipinski definition) is 5. The topological polar surface area (TPSA) is 63.8 Å². The van der Waals surface area contributed by atoms with E-state index in [4.69, 9.17) is 5.84 Å². The molecule has 0 spiro atoms. The lowest BCUT2D eigenvalue weighted by molar-refractivity contribution is 0.602. The van der Waals surface area contributed by atoms with Gasteiger partial charge in [-0.2, -0.15) is 0 Å². The molecule has 0 unspecified atom stereocenters. The number of halogens is 1. The lowest BCUT2D eigenvalue weighted by Crippen LogP contribution is -2.10. The molecule has 0 saturated carbocycles. The molecular weight excluding hydrogens is 263 g/mol. The van der Waals surface area contributed by atoms with Gasteiger partial charge in [-0.15, -0.1) is 0 Å². The van der Waals surface area contributed by atoms with Crippen LogP contribution < -0.4 is 11.3 Å². The van der Waals surface area contributed by atoms with Gasteiger partial charge in [-0.3, -0.25) is 0 Å². The molecule has 100 valence electrons. The Labute approximate surface area is 115 Å². The van der Waals surface area contributed by atoms with Crippen molar-refractivity contribution in [3.63, 3.8) is 0 Å². The Balaban J connectivity index is 2.29. The van der Waals surface area contributed by atoms with E-state index in [2.05, 4.69) is 22.3 Å². The Morgan fingerprint density at radius 1 is 1.32 bits per heavy atom. The van der Waals surface area contributed by atoms with Gasteiger partial charge in [0, 0.05) is 17.4 Å². The standard InChI is InChI=1S/C13H15FN4S/c1-2-5-11-16-12(18-15)8-13(17-11)19-10-7-4-3-6-9(10)14/h3-4,6-8H,2,5,15H2,1H3,(H,16,17,18). The van der Waals surface area contributed by atoms with E-state index in [1.165, 1.54) is 17.8 Å². The van der Waals surface area contributed by atoms with Gasteiger partial charge in [0.05, 0.1) is 0 Å². The van der Waals surface area contributed by atoms with Crippen molar-refractivity contribution in [2.45, 2.75) is 29.7 Å². The molecular formula is C13H15FN4S. The Kier molecular flexibility index (Phi) is 4.70. The smallest absolute Gasteiger partial charge is 0.144 e. The van der Waals surface area contributed by atoms with Crippen molar-refractivity contribution in [3.8, 4) is 0 Å². The van der Waals surface area contributed by atoms with E-state index in [9.17, 15) is 4.39 Å². The summed E-state index contributed by atoms with van der Waals surface area (Å²) in [6.07, 6.45) is 1.71. The third-order valence-corrected chi connectivity index (χ3v) is 3.39. The SMILES string of the molecule is CCCc1nc(NN)cc(Sc2ccccc2F)n1. The lowest BCUT2D eigenvalue weighted by Gasteiger charge is -2.07. The van der Waals surface area contributed by atoms with Crippen LogP contribution in [-0.2, 0) is 6.42 Å². The summed E-state index contributed by atoms with van der Waals surface area (Å²) in [5.41, 5.74) is 2.51. The Morgan fingerprint density at radius 3 is 2.79 bits per heavy atom. The van der Waals surface area contributed by atoms with E-state index in [0.29, 0.717) is 21.6 Å². The van der Waals surface area contributed by atoms with Gasteiger partial charge in [-0.25, -0.2) is 20.2 Å². The van der Waals surface area contributed by atoms with Gasteiger partial charge < -0.3 is 5.43 Å². The maximum absolute atomic E-state index is 13.6. The molecule has 0 saturated heterocycles. The summed E-state index contributed by atoms with van der Waals surface area (Å²) >= 11 is 1.26. The molecule has 0 aliphatic rings. The molecule has 4 nitrogen and oxygen atoms in total. The van der Waals surface area contributed by atoms with Crippen LogP contribution in [0.1, 0.15) is 19.2 Å². The Morgan fingerprint density at radius 2 is 2.11 bits per heavy atom. The van der Waals surface area contributed by atoms with Crippen molar-refractivity contribution < 1.29 is 4.39 Å². The second kappa shape index (κ2) is 6.49. The first-order chi connectivity index (χ1) is 9.22. The van der Waals surface area contributed by atoms with E-state index >= 15 is 0 Å². The van der Waals surface area contributed by atoms with Crippen molar-refractivity contribution in [2.24, 2.45) is 5.84 Å². The van der Waals surface area contributed by atoms with Crippen LogP contribution in [0.2, 0.25) is 0 Å². The van der Waals surface area contributed by atoms with E-state index in [1.54, 1.807) is 24.3 Å². The maximum atomic E-state index is 13.6. The van der Waals surface area contributed by atoms with Crippen LogP contribution in [0.3, 0.4) is 0 Å². The largest absolute Gasteiger partial charge is 0.308 e. The van der Waals surface area contributed by atoms with Crippen LogP contribution in [0.5, 0.6) is 0 Å². The normalized spacial score (nSPS) is 10.5. The van der Waals surface area contributed by atoms with E-state index in [-0.39, 0.29) is 5.82 Å². The molecule has 1 aromatic heterocycles. The predicted octanol–water partition coefficient (Wildman–Crippen LogP) is 3.01. The number of rotatable bonds is 5. The molecule has 0 fully saturated rings. The fourth-order valence-electron chi connectivity index (χ4n) is 1.57. The molecule has 3 N–H and O–H groups in total. The van der Waals surface area contributed by atoms with Gasteiger partial charge in [0.15, 0.2) is 0 Å². The minimum atomic E-state index is -0.259. The molecule has 0 radical (unpaired) electrons. The average molecular weight is 278 g/mol. The summed E-state index contributed by atoms with van der Waals surface area (Å²) in [6.45, 7) is 2.05. The van der Waals surface area contributed by atoms with Gasteiger partial charge in [-0.1, -0.05) is 30.8 Å². The molecule has 1 heterocycles. The van der Waals surface area contributed by atoms with E-state index < -0.39 is 0 Å². The van der Waals surface area contributed by atoms with Gasteiger partial charge in [-0.05, 0) is 18.6 Å². The zero-order valence-electron chi connectivity index (χ0n) is 10.6. The van der Waals surface area contributed by atoms with Crippen molar-refractivity contribution in [2.75, 3.05) is 5.43 Å². The number of nitrogens with two attached hydrogens (primary N) is 1. The number of aryl methyl sites for hydroxylation is 1. The van der Waals surface area contributed by atoms with Crippen LogP contribution >= 0.6 is 11.8 Å². The fraction of sp³-hybridized carbons (Fsp3) is 0.231. The van der Waals surface area contributed by atoms with Gasteiger partial charge in [0.2, 0.25) is 0 Å². The summed E-state index contributed by atoms with van der Waals surface area (Å²) in [5, 5.41) is 0.677. The summed E-state index contributed by atoms with van der Waals surface area (Å²) in [7, 11) is 0. The molecule has 0 aliphatic carbocycles. The van der Waals surface area contributed by atoms with Crippen molar-refractivity contribution in [3.05, 3.63) is 42.0 Å². The van der Waals surface area contributed by atoms with Crippen LogP contribution in [0.15, 0.2) is 40.3 Å². The lowest BCUT2D eigenvalue weighted by atomic mass is 10.3. The number of hydrazine groups is 1. The van der Waals surface area contributed by atoms with Crippen LogP contribution in [0.25, 0.3) is 0 Å². The Hall–Kier alpha value is -1.66. The number of aromatic nitrogens is 2. The molecule has 1 aromatic carbocycles. The van der Waals surface area contributed by atoms with Crippen molar-refractivity contribution in [1.29, 1.82) is 0 Å². The summed E-state index contributed by atoms with van der Waals surface area (Å²) in [6, 6.07) is 8.31. The first-order valence-corrected chi connectivity index (χ1v) is 6.81. The molecule has 0 amide bonds. The second-order valence-corrected chi connectivity index (χ2v) is 5.00. The summed E-state index contributed by atoms with van der Waals surface area (Å²) in [4.78, 5) is 9.18. The highest BCUT2D eigenvalue weighted by atomic mass is 32.2. The molecule has 0 bridgehead atoms. The molecule has 2 aromatic rings. The van der Waals surface area contributed by atoms with E-state index in [1.807, 2.05) is 0 Å². The molecule has 0 atom stereocenters. The zero-order chi connectivity index (χ0) is 13.7. The number of benzene rings is 1. The number of nitrogens with one attached hydrogen (secondary N) is 1. The van der Waals surface area contributed by atoms with Crippen molar-refractivity contribution in [1.82, 2.24) is 9.97 Å². The number of anilines is 1. The molecule has 2 rings (SSSR count). The van der Waals surface area contributed by atoms with Crippen LogP contribution in [0, 0.1) is 5.82 Å².